The molecule has 0 aromatic heterocycles. The molecule has 5 heteroatoms. The molecule has 1 aromatic carbocycles. The van der Waals surface area contributed by atoms with Gasteiger partial charge in [0, 0.05) is 10.0 Å². The van der Waals surface area contributed by atoms with E-state index in [1.165, 1.54) is 0 Å². The highest BCUT2D eigenvalue weighted by Crippen LogP contribution is 2.23. The van der Waals surface area contributed by atoms with E-state index in [9.17, 15) is 4.79 Å². The fraction of sp³-hybridized carbons (Fsp3) is 0.300. The van der Waals surface area contributed by atoms with E-state index in [4.69, 9.17) is 27.9 Å². The lowest BCUT2D eigenvalue weighted by atomic mass is 10.2. The standard InChI is InChI=1S/C10H9Cl2NO2/c11-8-2-1-7(9(12)5-8)6-13-3-4-15-10(13)14/h1-2,5H,3-4,6H2. The number of hydrogen-bond acceptors (Lipinski definition) is 2. The van der Waals surface area contributed by atoms with Gasteiger partial charge in [-0.25, -0.2) is 4.79 Å². The van der Waals surface area contributed by atoms with Gasteiger partial charge in [-0.3, -0.25) is 0 Å². The molecule has 1 aliphatic heterocycles. The summed E-state index contributed by atoms with van der Waals surface area (Å²) in [6.45, 7) is 1.52. The Hall–Kier alpha value is -0.930. The number of cyclic esters (lactones) is 1. The summed E-state index contributed by atoms with van der Waals surface area (Å²) in [4.78, 5) is 12.8. The average Bonchev–Trinajstić information content (AvgIpc) is 2.57. The lowest BCUT2D eigenvalue weighted by Crippen LogP contribution is -2.23. The monoisotopic (exact) mass is 245 g/mol. The van der Waals surface area contributed by atoms with E-state index in [1.54, 1.807) is 17.0 Å². The zero-order chi connectivity index (χ0) is 10.8. The van der Waals surface area contributed by atoms with Gasteiger partial charge in [-0.05, 0) is 17.7 Å². The molecule has 15 heavy (non-hydrogen) atoms. The van der Waals surface area contributed by atoms with Crippen LogP contribution in [0.3, 0.4) is 0 Å². The molecule has 80 valence electrons. The highest BCUT2D eigenvalue weighted by Gasteiger charge is 2.22. The van der Waals surface area contributed by atoms with Gasteiger partial charge in [-0.1, -0.05) is 29.3 Å². The van der Waals surface area contributed by atoms with Crippen LogP contribution in [0.25, 0.3) is 0 Å². The summed E-state index contributed by atoms with van der Waals surface area (Å²) in [5.74, 6) is 0. The Kier molecular flexibility index (Phi) is 3.03. The Morgan fingerprint density at radius 1 is 1.40 bits per heavy atom. The fourth-order valence-electron chi connectivity index (χ4n) is 1.42. The molecule has 0 bridgehead atoms. The van der Waals surface area contributed by atoms with Crippen LogP contribution >= 0.6 is 23.2 Å². The number of benzene rings is 1. The minimum Gasteiger partial charge on any atom is -0.448 e. The number of carbonyl (C=O) groups is 1. The topological polar surface area (TPSA) is 29.5 Å². The molecule has 0 aliphatic carbocycles. The van der Waals surface area contributed by atoms with Gasteiger partial charge in [0.05, 0.1) is 13.1 Å². The van der Waals surface area contributed by atoms with Gasteiger partial charge < -0.3 is 9.64 Å². The van der Waals surface area contributed by atoms with Crippen molar-refractivity contribution in [1.82, 2.24) is 4.90 Å². The number of ether oxygens (including phenoxy) is 1. The molecule has 1 aliphatic rings. The summed E-state index contributed by atoms with van der Waals surface area (Å²) in [7, 11) is 0. The van der Waals surface area contributed by atoms with Crippen molar-refractivity contribution in [2.45, 2.75) is 6.54 Å². The first-order valence-corrected chi connectivity index (χ1v) is 5.28. The van der Waals surface area contributed by atoms with Crippen molar-refractivity contribution in [2.24, 2.45) is 0 Å². The predicted molar refractivity (Wildman–Crippen MR) is 58.2 cm³/mol. The minimum absolute atomic E-state index is 0.291. The van der Waals surface area contributed by atoms with Gasteiger partial charge in [0.2, 0.25) is 0 Å². The van der Waals surface area contributed by atoms with Crippen LogP contribution in [0.2, 0.25) is 10.0 Å². The second-order valence-corrected chi connectivity index (χ2v) is 4.12. The summed E-state index contributed by atoms with van der Waals surface area (Å²) in [5.41, 5.74) is 0.875. The highest BCUT2D eigenvalue weighted by atomic mass is 35.5. The van der Waals surface area contributed by atoms with Crippen LogP contribution in [0.15, 0.2) is 18.2 Å². The van der Waals surface area contributed by atoms with Crippen molar-refractivity contribution in [1.29, 1.82) is 0 Å². The number of halogens is 2. The molecule has 1 fully saturated rings. The van der Waals surface area contributed by atoms with E-state index in [2.05, 4.69) is 0 Å². The molecule has 3 nitrogen and oxygen atoms in total. The van der Waals surface area contributed by atoms with Crippen LogP contribution in [0.5, 0.6) is 0 Å². The maximum atomic E-state index is 11.2. The maximum Gasteiger partial charge on any atom is 0.410 e. The summed E-state index contributed by atoms with van der Waals surface area (Å²) in [5, 5.41) is 1.16. The summed E-state index contributed by atoms with van der Waals surface area (Å²) >= 11 is 11.8. The number of rotatable bonds is 2. The Morgan fingerprint density at radius 3 is 2.80 bits per heavy atom. The number of hydrogen-bond donors (Lipinski definition) is 0. The molecule has 1 saturated heterocycles. The van der Waals surface area contributed by atoms with Gasteiger partial charge >= 0.3 is 6.09 Å². The zero-order valence-corrected chi connectivity index (χ0v) is 9.38. The van der Waals surface area contributed by atoms with Crippen LogP contribution in [-0.4, -0.2) is 24.1 Å². The lowest BCUT2D eigenvalue weighted by Gasteiger charge is -2.13. The van der Waals surface area contributed by atoms with Crippen molar-refractivity contribution >= 4 is 29.3 Å². The number of nitrogens with zero attached hydrogens (tertiary/aromatic N) is 1. The third-order valence-electron chi connectivity index (χ3n) is 2.22. The SMILES string of the molecule is O=C1OCCN1Cc1ccc(Cl)cc1Cl. The van der Waals surface area contributed by atoms with Crippen molar-refractivity contribution in [2.75, 3.05) is 13.2 Å². The third-order valence-corrected chi connectivity index (χ3v) is 2.81. The van der Waals surface area contributed by atoms with Crippen molar-refractivity contribution < 1.29 is 9.53 Å². The second kappa shape index (κ2) is 4.29. The van der Waals surface area contributed by atoms with E-state index >= 15 is 0 Å². The Labute approximate surface area is 97.5 Å². The third kappa shape index (κ3) is 2.36. The van der Waals surface area contributed by atoms with E-state index in [-0.39, 0.29) is 6.09 Å². The largest absolute Gasteiger partial charge is 0.448 e. The van der Waals surface area contributed by atoms with Gasteiger partial charge in [0.15, 0.2) is 0 Å². The Morgan fingerprint density at radius 2 is 2.20 bits per heavy atom. The fourth-order valence-corrected chi connectivity index (χ4v) is 1.89. The molecule has 2 rings (SSSR count). The van der Waals surface area contributed by atoms with Crippen LogP contribution in [0.1, 0.15) is 5.56 Å². The number of amides is 1. The van der Waals surface area contributed by atoms with Gasteiger partial charge in [0.25, 0.3) is 0 Å². The normalized spacial score (nSPS) is 15.6. The van der Waals surface area contributed by atoms with Gasteiger partial charge in [-0.2, -0.15) is 0 Å². The molecular formula is C10H9Cl2NO2. The Balaban J connectivity index is 2.13. The summed E-state index contributed by atoms with van der Waals surface area (Å²) < 4.78 is 4.82. The van der Waals surface area contributed by atoms with Gasteiger partial charge in [-0.15, -0.1) is 0 Å². The lowest BCUT2D eigenvalue weighted by molar-refractivity contribution is 0.157. The van der Waals surface area contributed by atoms with Gasteiger partial charge in [0.1, 0.15) is 6.61 Å². The molecule has 0 radical (unpaired) electrons. The predicted octanol–water partition coefficient (Wildman–Crippen LogP) is 2.95. The van der Waals surface area contributed by atoms with Crippen molar-refractivity contribution in [3.63, 3.8) is 0 Å². The van der Waals surface area contributed by atoms with Crippen LogP contribution in [0.4, 0.5) is 4.79 Å². The molecule has 1 heterocycles. The van der Waals surface area contributed by atoms with Crippen LogP contribution in [0, 0.1) is 0 Å². The first-order chi connectivity index (χ1) is 7.16. The quantitative estimate of drug-likeness (QED) is 0.802. The van der Waals surface area contributed by atoms with E-state index in [1.807, 2.05) is 6.07 Å². The second-order valence-electron chi connectivity index (χ2n) is 3.27. The molecule has 0 unspecified atom stereocenters. The first-order valence-electron chi connectivity index (χ1n) is 4.52. The zero-order valence-electron chi connectivity index (χ0n) is 7.87. The number of carbonyl (C=O) groups excluding carboxylic acids is 1. The summed E-state index contributed by atoms with van der Waals surface area (Å²) in [6, 6.07) is 5.24. The molecule has 1 amide bonds. The molecular weight excluding hydrogens is 237 g/mol. The first kappa shape index (κ1) is 10.6. The molecule has 0 saturated carbocycles. The maximum absolute atomic E-state index is 11.2. The summed E-state index contributed by atoms with van der Waals surface area (Å²) in [6.07, 6.45) is -0.291. The molecule has 0 N–H and O–H groups in total. The minimum atomic E-state index is -0.291. The Bertz CT molecular complexity index is 395. The molecule has 1 aromatic rings. The van der Waals surface area contributed by atoms with E-state index in [0.29, 0.717) is 29.7 Å². The van der Waals surface area contributed by atoms with E-state index < -0.39 is 0 Å². The molecule has 0 spiro atoms. The highest BCUT2D eigenvalue weighted by molar-refractivity contribution is 6.35. The van der Waals surface area contributed by atoms with Crippen molar-refractivity contribution in [3.8, 4) is 0 Å². The van der Waals surface area contributed by atoms with Crippen LogP contribution < -0.4 is 0 Å². The van der Waals surface area contributed by atoms with Crippen LogP contribution in [-0.2, 0) is 11.3 Å². The molecule has 0 atom stereocenters. The van der Waals surface area contributed by atoms with Crippen molar-refractivity contribution in [3.05, 3.63) is 33.8 Å². The van der Waals surface area contributed by atoms with E-state index in [0.717, 1.165) is 5.56 Å². The average molecular weight is 246 g/mol. The smallest absolute Gasteiger partial charge is 0.410 e.